The third-order valence-corrected chi connectivity index (χ3v) is 4.18. The highest BCUT2D eigenvalue weighted by Gasteiger charge is 2.12. The summed E-state index contributed by atoms with van der Waals surface area (Å²) >= 11 is 0. The second-order valence-electron chi connectivity index (χ2n) is 6.06. The lowest BCUT2D eigenvalue weighted by molar-refractivity contribution is -0.116. The predicted molar refractivity (Wildman–Crippen MR) is 109 cm³/mol. The fourth-order valence-corrected chi connectivity index (χ4v) is 2.74. The van der Waals surface area contributed by atoms with E-state index in [4.69, 9.17) is 18.7 Å². The predicted octanol–water partition coefficient (Wildman–Crippen LogP) is 3.70. The van der Waals surface area contributed by atoms with E-state index in [9.17, 15) is 4.79 Å². The van der Waals surface area contributed by atoms with Gasteiger partial charge in [-0.2, -0.15) is 0 Å². The van der Waals surface area contributed by atoms with E-state index in [1.807, 2.05) is 30.3 Å². The second-order valence-corrected chi connectivity index (χ2v) is 6.06. The minimum atomic E-state index is -0.261. The molecule has 0 saturated carbocycles. The largest absolute Gasteiger partial charge is 0.493 e. The maximum atomic E-state index is 12.2. The molecule has 0 radical (unpaired) electrons. The number of ether oxygens (including phenoxy) is 3. The van der Waals surface area contributed by atoms with E-state index >= 15 is 0 Å². The van der Waals surface area contributed by atoms with Crippen LogP contribution in [0.1, 0.15) is 11.3 Å². The molecule has 3 rings (SSSR count). The van der Waals surface area contributed by atoms with Gasteiger partial charge in [0.2, 0.25) is 11.7 Å². The molecule has 0 unspecified atom stereocenters. The van der Waals surface area contributed by atoms with Crippen LogP contribution in [0, 0.1) is 0 Å². The summed E-state index contributed by atoms with van der Waals surface area (Å²) in [4.78, 5) is 12.2. The number of nitrogens with one attached hydrogen (secondary N) is 1. The Morgan fingerprint density at radius 3 is 2.34 bits per heavy atom. The first-order valence-electron chi connectivity index (χ1n) is 8.91. The number of carbonyl (C=O) groups is 1. The molecule has 0 atom stereocenters. The number of benzene rings is 2. The van der Waals surface area contributed by atoms with Gasteiger partial charge in [0.15, 0.2) is 17.3 Å². The van der Waals surface area contributed by atoms with Crippen LogP contribution in [-0.2, 0) is 11.3 Å². The molecule has 1 aromatic heterocycles. The first-order valence-corrected chi connectivity index (χ1v) is 8.91. The molecule has 1 N–H and O–H groups in total. The molecule has 150 valence electrons. The summed E-state index contributed by atoms with van der Waals surface area (Å²) in [6.45, 7) is 0.259. The van der Waals surface area contributed by atoms with E-state index in [1.54, 1.807) is 38.5 Å². The van der Waals surface area contributed by atoms with Crippen molar-refractivity contribution in [1.29, 1.82) is 0 Å². The molecule has 2 aromatic carbocycles. The van der Waals surface area contributed by atoms with Crippen LogP contribution in [0.15, 0.2) is 59.1 Å². The van der Waals surface area contributed by atoms with Gasteiger partial charge in [0.05, 0.1) is 27.9 Å². The smallest absolute Gasteiger partial charge is 0.244 e. The normalized spacial score (nSPS) is 10.7. The molecule has 1 heterocycles. The highest BCUT2D eigenvalue weighted by Crippen LogP contribution is 2.38. The number of amides is 1. The van der Waals surface area contributed by atoms with Crippen molar-refractivity contribution in [2.45, 2.75) is 6.54 Å². The average Bonchev–Trinajstić information content (AvgIpc) is 3.25. The number of methoxy groups -OCH3 is 3. The van der Waals surface area contributed by atoms with Crippen molar-refractivity contribution < 1.29 is 23.5 Å². The monoisotopic (exact) mass is 394 g/mol. The number of carbonyl (C=O) groups excluding carboxylic acids is 1. The average molecular weight is 394 g/mol. The molecule has 0 bridgehead atoms. The number of nitrogens with zero attached hydrogens (tertiary/aromatic N) is 1. The molecule has 0 aliphatic rings. The zero-order valence-corrected chi connectivity index (χ0v) is 16.5. The Labute approximate surface area is 168 Å². The van der Waals surface area contributed by atoms with E-state index in [0.717, 1.165) is 11.1 Å². The number of aromatic nitrogens is 1. The molecule has 0 spiro atoms. The van der Waals surface area contributed by atoms with Gasteiger partial charge in [0.1, 0.15) is 5.69 Å². The molecular weight excluding hydrogens is 372 g/mol. The van der Waals surface area contributed by atoms with Crippen LogP contribution in [0.5, 0.6) is 17.2 Å². The first kappa shape index (κ1) is 20.0. The van der Waals surface area contributed by atoms with Crippen molar-refractivity contribution in [1.82, 2.24) is 10.5 Å². The molecule has 3 aromatic rings. The zero-order valence-electron chi connectivity index (χ0n) is 16.5. The van der Waals surface area contributed by atoms with Gasteiger partial charge in [-0.05, 0) is 23.8 Å². The van der Waals surface area contributed by atoms with E-state index in [1.165, 1.54) is 13.2 Å². The van der Waals surface area contributed by atoms with Crippen LogP contribution in [0.25, 0.3) is 17.4 Å². The highest BCUT2D eigenvalue weighted by atomic mass is 16.5. The molecule has 0 saturated heterocycles. The summed E-state index contributed by atoms with van der Waals surface area (Å²) < 4.78 is 21.2. The highest BCUT2D eigenvalue weighted by molar-refractivity contribution is 5.91. The van der Waals surface area contributed by atoms with Crippen molar-refractivity contribution in [2.24, 2.45) is 0 Å². The number of rotatable bonds is 8. The SMILES string of the molecule is COc1cc(/C=C/C(=O)NCc2cc(-c3ccccc3)on2)cc(OC)c1OC. The lowest BCUT2D eigenvalue weighted by Crippen LogP contribution is -2.20. The van der Waals surface area contributed by atoms with E-state index in [-0.39, 0.29) is 12.5 Å². The van der Waals surface area contributed by atoms with Gasteiger partial charge in [-0.1, -0.05) is 35.5 Å². The lowest BCUT2D eigenvalue weighted by Gasteiger charge is -2.12. The molecule has 7 nitrogen and oxygen atoms in total. The molecule has 0 fully saturated rings. The fraction of sp³-hybridized carbons (Fsp3) is 0.182. The number of hydrogen-bond acceptors (Lipinski definition) is 6. The Hall–Kier alpha value is -3.74. The molecule has 7 heteroatoms. The standard InChI is InChI=1S/C22H22N2O5/c1-26-19-11-15(12-20(27-2)22(19)28-3)9-10-21(25)23-14-17-13-18(29-24-17)16-7-5-4-6-8-16/h4-13H,14H2,1-3H3,(H,23,25)/b10-9+. The van der Waals surface area contributed by atoms with Crippen molar-refractivity contribution in [3.8, 4) is 28.6 Å². The van der Waals surface area contributed by atoms with Gasteiger partial charge < -0.3 is 24.1 Å². The van der Waals surface area contributed by atoms with Crippen LogP contribution < -0.4 is 19.5 Å². The summed E-state index contributed by atoms with van der Waals surface area (Å²) in [5.74, 6) is 1.92. The second kappa shape index (κ2) is 9.45. The Balaban J connectivity index is 1.62. The van der Waals surface area contributed by atoms with Gasteiger partial charge in [-0.25, -0.2) is 0 Å². The van der Waals surface area contributed by atoms with Gasteiger partial charge in [-0.15, -0.1) is 0 Å². The molecular formula is C22H22N2O5. The third-order valence-electron chi connectivity index (χ3n) is 4.18. The minimum Gasteiger partial charge on any atom is -0.493 e. The van der Waals surface area contributed by atoms with Crippen molar-refractivity contribution >= 4 is 12.0 Å². The zero-order chi connectivity index (χ0) is 20.6. The Morgan fingerprint density at radius 1 is 1.03 bits per heavy atom. The summed E-state index contributed by atoms with van der Waals surface area (Å²) in [6, 6.07) is 15.0. The maximum Gasteiger partial charge on any atom is 0.244 e. The lowest BCUT2D eigenvalue weighted by atomic mass is 10.1. The molecule has 29 heavy (non-hydrogen) atoms. The van der Waals surface area contributed by atoms with Gasteiger partial charge >= 0.3 is 0 Å². The maximum absolute atomic E-state index is 12.2. The van der Waals surface area contributed by atoms with Gasteiger partial charge in [0, 0.05) is 17.7 Å². The van der Waals surface area contributed by atoms with Crippen LogP contribution in [0.4, 0.5) is 0 Å². The van der Waals surface area contributed by atoms with Crippen LogP contribution >= 0.6 is 0 Å². The number of hydrogen-bond donors (Lipinski definition) is 1. The fourth-order valence-electron chi connectivity index (χ4n) is 2.74. The van der Waals surface area contributed by atoms with Gasteiger partial charge in [0.25, 0.3) is 0 Å². The van der Waals surface area contributed by atoms with Crippen molar-refractivity contribution in [2.75, 3.05) is 21.3 Å². The quantitative estimate of drug-likeness (QED) is 0.587. The molecule has 0 aliphatic heterocycles. The molecule has 1 amide bonds. The third kappa shape index (κ3) is 4.95. The van der Waals surface area contributed by atoms with E-state index < -0.39 is 0 Å². The van der Waals surface area contributed by atoms with Crippen LogP contribution in [0.2, 0.25) is 0 Å². The minimum absolute atomic E-state index is 0.259. The van der Waals surface area contributed by atoms with Crippen LogP contribution in [-0.4, -0.2) is 32.4 Å². The topological polar surface area (TPSA) is 82.8 Å². The molecule has 0 aliphatic carbocycles. The Bertz CT molecular complexity index is 970. The summed E-state index contributed by atoms with van der Waals surface area (Å²) in [5.41, 5.74) is 2.31. The van der Waals surface area contributed by atoms with E-state index in [2.05, 4.69) is 10.5 Å². The van der Waals surface area contributed by atoms with Crippen molar-refractivity contribution in [3.63, 3.8) is 0 Å². The van der Waals surface area contributed by atoms with Gasteiger partial charge in [-0.3, -0.25) is 4.79 Å². The first-order chi connectivity index (χ1) is 14.1. The Kier molecular flexibility index (Phi) is 6.52. The summed E-state index contributed by atoms with van der Waals surface area (Å²) in [5, 5.41) is 6.76. The van der Waals surface area contributed by atoms with Crippen LogP contribution in [0.3, 0.4) is 0 Å². The summed E-state index contributed by atoms with van der Waals surface area (Å²) in [6.07, 6.45) is 3.09. The summed E-state index contributed by atoms with van der Waals surface area (Å²) in [7, 11) is 4.62. The van der Waals surface area contributed by atoms with Crippen molar-refractivity contribution in [3.05, 3.63) is 65.9 Å². The van der Waals surface area contributed by atoms with E-state index in [0.29, 0.717) is 28.7 Å². The Morgan fingerprint density at radius 2 is 1.72 bits per heavy atom.